The number of benzene rings is 1. The van der Waals surface area contributed by atoms with Gasteiger partial charge in [-0.3, -0.25) is 19.2 Å². The van der Waals surface area contributed by atoms with Gasteiger partial charge in [0.25, 0.3) is 0 Å². The van der Waals surface area contributed by atoms with E-state index in [1.165, 1.54) is 24.3 Å². The number of hydrogen-bond acceptors (Lipinski definition) is 4. The zero-order valence-corrected chi connectivity index (χ0v) is 14.2. The number of Topliss-reactive ketones (excluding diaryl/α,β-unsaturated/α-hetero) is 1. The summed E-state index contributed by atoms with van der Waals surface area (Å²) in [6, 6.07) is 5.90. The van der Waals surface area contributed by atoms with Crippen molar-refractivity contribution in [1.82, 2.24) is 0 Å². The fourth-order valence-electron chi connectivity index (χ4n) is 2.66. The van der Waals surface area contributed by atoms with E-state index in [4.69, 9.17) is 26.9 Å². The Bertz CT molecular complexity index is 606. The van der Waals surface area contributed by atoms with Crippen molar-refractivity contribution in [3.8, 4) is 0 Å². The molecule has 1 aromatic carbocycles. The fourth-order valence-corrected chi connectivity index (χ4v) is 2.79. The molecule has 0 fully saturated rings. The van der Waals surface area contributed by atoms with Crippen LogP contribution in [0.15, 0.2) is 24.3 Å². The Labute approximate surface area is 149 Å². The molecule has 8 heteroatoms. The lowest BCUT2D eigenvalue weighted by Crippen LogP contribution is -2.34. The summed E-state index contributed by atoms with van der Waals surface area (Å²) in [5.41, 5.74) is -1.13. The average molecular weight is 371 g/mol. The van der Waals surface area contributed by atoms with Crippen molar-refractivity contribution >= 4 is 35.3 Å². The van der Waals surface area contributed by atoms with Gasteiger partial charge in [-0.1, -0.05) is 11.6 Å². The SMILES string of the molecule is O=C(O)CCC(CCC(=O)O)(CCC(=O)O)C(=O)c1ccc(Cl)cc1. The van der Waals surface area contributed by atoms with Crippen LogP contribution in [0.5, 0.6) is 0 Å². The maximum atomic E-state index is 13.0. The molecule has 1 rings (SSSR count). The van der Waals surface area contributed by atoms with Crippen LogP contribution in [0.25, 0.3) is 0 Å². The van der Waals surface area contributed by atoms with Crippen molar-refractivity contribution in [3.05, 3.63) is 34.9 Å². The predicted molar refractivity (Wildman–Crippen MR) is 88.8 cm³/mol. The van der Waals surface area contributed by atoms with E-state index < -0.39 is 29.1 Å². The largest absolute Gasteiger partial charge is 0.481 e. The second-order valence-electron chi connectivity index (χ2n) is 5.80. The summed E-state index contributed by atoms with van der Waals surface area (Å²) < 4.78 is 0. The van der Waals surface area contributed by atoms with Crippen LogP contribution >= 0.6 is 11.6 Å². The second-order valence-corrected chi connectivity index (χ2v) is 6.23. The Hall–Kier alpha value is -2.41. The molecule has 0 aliphatic heterocycles. The topological polar surface area (TPSA) is 129 Å². The van der Waals surface area contributed by atoms with Crippen LogP contribution in [0.1, 0.15) is 48.9 Å². The smallest absolute Gasteiger partial charge is 0.303 e. The number of hydrogen-bond donors (Lipinski definition) is 3. The number of carbonyl (C=O) groups excluding carboxylic acids is 1. The van der Waals surface area contributed by atoms with E-state index in [0.29, 0.717) is 5.02 Å². The van der Waals surface area contributed by atoms with Crippen molar-refractivity contribution in [1.29, 1.82) is 0 Å². The van der Waals surface area contributed by atoms with Gasteiger partial charge in [-0.05, 0) is 43.5 Å². The van der Waals surface area contributed by atoms with Crippen LogP contribution in [0, 0.1) is 5.41 Å². The molecule has 0 saturated carbocycles. The van der Waals surface area contributed by atoms with Crippen molar-refractivity contribution in [2.45, 2.75) is 38.5 Å². The number of carbonyl (C=O) groups is 4. The normalized spacial score (nSPS) is 11.1. The number of carboxylic acid groups (broad SMARTS) is 3. The highest BCUT2D eigenvalue weighted by molar-refractivity contribution is 6.30. The predicted octanol–water partition coefficient (Wildman–Crippen LogP) is 3.10. The van der Waals surface area contributed by atoms with Crippen LogP contribution in [0.2, 0.25) is 5.02 Å². The van der Waals surface area contributed by atoms with Gasteiger partial charge in [0, 0.05) is 35.3 Å². The van der Waals surface area contributed by atoms with Gasteiger partial charge in [-0.15, -0.1) is 0 Å². The number of rotatable bonds is 11. The Morgan fingerprint density at radius 2 is 1.12 bits per heavy atom. The van der Waals surface area contributed by atoms with Gasteiger partial charge in [0.1, 0.15) is 0 Å². The zero-order chi connectivity index (χ0) is 19.0. The number of carboxylic acids is 3. The van der Waals surface area contributed by atoms with E-state index in [9.17, 15) is 19.2 Å². The van der Waals surface area contributed by atoms with Crippen LogP contribution < -0.4 is 0 Å². The minimum absolute atomic E-state index is 0.135. The third kappa shape index (κ3) is 6.54. The first kappa shape index (κ1) is 20.6. The Morgan fingerprint density at radius 3 is 1.44 bits per heavy atom. The van der Waals surface area contributed by atoms with Crippen molar-refractivity contribution in [2.75, 3.05) is 0 Å². The summed E-state index contributed by atoms with van der Waals surface area (Å²) in [7, 11) is 0. The average Bonchev–Trinajstić information content (AvgIpc) is 2.54. The fraction of sp³-hybridized carbons (Fsp3) is 0.412. The highest BCUT2D eigenvalue weighted by atomic mass is 35.5. The summed E-state index contributed by atoms with van der Waals surface area (Å²) in [4.78, 5) is 45.9. The van der Waals surface area contributed by atoms with Gasteiger partial charge in [-0.2, -0.15) is 0 Å². The molecule has 0 heterocycles. The maximum absolute atomic E-state index is 13.0. The van der Waals surface area contributed by atoms with Crippen LogP contribution in [-0.4, -0.2) is 39.0 Å². The first-order chi connectivity index (χ1) is 11.7. The van der Waals surface area contributed by atoms with Crippen LogP contribution in [-0.2, 0) is 14.4 Å². The van der Waals surface area contributed by atoms with Gasteiger partial charge < -0.3 is 15.3 Å². The summed E-state index contributed by atoms with van der Waals surface area (Å²) in [6.07, 6.45) is -1.49. The minimum Gasteiger partial charge on any atom is -0.481 e. The van der Waals surface area contributed by atoms with E-state index in [2.05, 4.69) is 0 Å². The van der Waals surface area contributed by atoms with Crippen LogP contribution in [0.4, 0.5) is 0 Å². The number of ketones is 1. The first-order valence-corrected chi connectivity index (χ1v) is 8.00. The first-order valence-electron chi connectivity index (χ1n) is 7.62. The molecule has 136 valence electrons. The quantitative estimate of drug-likeness (QED) is 0.510. The molecule has 0 aliphatic carbocycles. The van der Waals surface area contributed by atoms with E-state index in [1.807, 2.05) is 0 Å². The van der Waals surface area contributed by atoms with E-state index in [-0.39, 0.29) is 44.1 Å². The highest BCUT2D eigenvalue weighted by Gasteiger charge is 2.39. The van der Waals surface area contributed by atoms with Crippen molar-refractivity contribution < 1.29 is 34.5 Å². The molecule has 0 amide bonds. The lowest BCUT2D eigenvalue weighted by Gasteiger charge is -2.31. The van der Waals surface area contributed by atoms with Gasteiger partial charge >= 0.3 is 17.9 Å². The molecular weight excluding hydrogens is 352 g/mol. The molecule has 7 nitrogen and oxygen atoms in total. The molecular formula is C17H19ClO7. The Morgan fingerprint density at radius 1 is 0.760 bits per heavy atom. The minimum atomic E-state index is -1.37. The third-order valence-electron chi connectivity index (χ3n) is 4.04. The van der Waals surface area contributed by atoms with E-state index in [1.54, 1.807) is 0 Å². The summed E-state index contributed by atoms with van der Waals surface area (Å²) in [5, 5.41) is 27.3. The van der Waals surface area contributed by atoms with Gasteiger partial charge in [-0.25, -0.2) is 0 Å². The maximum Gasteiger partial charge on any atom is 0.303 e. The molecule has 0 aliphatic rings. The molecule has 0 aromatic heterocycles. The molecule has 0 bridgehead atoms. The summed E-state index contributed by atoms with van der Waals surface area (Å²) in [6.45, 7) is 0. The molecule has 0 radical (unpaired) electrons. The van der Waals surface area contributed by atoms with Gasteiger partial charge in [0.2, 0.25) is 0 Å². The zero-order valence-electron chi connectivity index (χ0n) is 13.4. The molecule has 0 spiro atoms. The van der Waals surface area contributed by atoms with Crippen LogP contribution in [0.3, 0.4) is 0 Å². The molecule has 1 aromatic rings. The molecule has 0 unspecified atom stereocenters. The number of aliphatic carboxylic acids is 3. The van der Waals surface area contributed by atoms with E-state index >= 15 is 0 Å². The molecule has 3 N–H and O–H groups in total. The monoisotopic (exact) mass is 370 g/mol. The summed E-state index contributed by atoms with van der Waals surface area (Å²) >= 11 is 5.79. The van der Waals surface area contributed by atoms with Crippen molar-refractivity contribution in [3.63, 3.8) is 0 Å². The highest BCUT2D eigenvalue weighted by Crippen LogP contribution is 2.39. The molecule has 0 atom stereocenters. The van der Waals surface area contributed by atoms with Crippen molar-refractivity contribution in [2.24, 2.45) is 5.41 Å². The second kappa shape index (κ2) is 9.17. The standard InChI is InChI=1S/C17H19ClO7/c18-12-3-1-11(2-4-12)16(25)17(8-5-13(19)20,9-6-14(21)22)10-7-15(23)24/h1-4H,5-10H2,(H,19,20)(H,21,22)(H,23,24). The van der Waals surface area contributed by atoms with E-state index in [0.717, 1.165) is 0 Å². The molecule has 25 heavy (non-hydrogen) atoms. The lowest BCUT2D eigenvalue weighted by molar-refractivity contribution is -0.137. The van der Waals surface area contributed by atoms with Gasteiger partial charge in [0.15, 0.2) is 5.78 Å². The molecule has 0 saturated heterocycles. The summed E-state index contributed by atoms with van der Waals surface area (Å²) in [5.74, 6) is -3.88. The Kier molecular flexibility index (Phi) is 7.57. The number of halogens is 1. The lowest BCUT2D eigenvalue weighted by atomic mass is 9.70. The van der Waals surface area contributed by atoms with Gasteiger partial charge in [0.05, 0.1) is 0 Å². The Balaban J connectivity index is 3.23. The third-order valence-corrected chi connectivity index (χ3v) is 4.29.